The Morgan fingerprint density at radius 3 is 2.38 bits per heavy atom. The molecule has 1 saturated carbocycles. The van der Waals surface area contributed by atoms with Gasteiger partial charge in [-0.05, 0) is 47.9 Å². The molecule has 1 aliphatic carbocycles. The van der Waals surface area contributed by atoms with E-state index in [4.69, 9.17) is 48.8 Å². The van der Waals surface area contributed by atoms with Crippen LogP contribution in [0.4, 0.5) is 0 Å². The van der Waals surface area contributed by atoms with Crippen LogP contribution < -0.4 is 4.74 Å². The maximum atomic E-state index is 11.9. The zero-order valence-corrected chi connectivity index (χ0v) is 24.2. The summed E-state index contributed by atoms with van der Waals surface area (Å²) in [6.45, 7) is 3.94. The molecule has 9 heteroatoms. The van der Waals surface area contributed by atoms with Crippen molar-refractivity contribution in [2.24, 2.45) is 0 Å². The van der Waals surface area contributed by atoms with E-state index in [9.17, 15) is 10.1 Å². The van der Waals surface area contributed by atoms with E-state index in [0.717, 1.165) is 11.1 Å². The molecule has 0 radical (unpaired) electrons. The standard InChI is InChI=1S/C31H25Cl3N2O4/c1-17(2)28-26(27(36-40-28)25-22(32)8-6-9-23(25)33)29(34)39-24-10-5-4-7-20(24)21-15-31(21,16-35)19-13-11-18(12-14-19)30(37)38-3/h4-14,17,21,29H,15H2,1-3H3. The Bertz CT molecular complexity index is 1590. The first-order chi connectivity index (χ1) is 19.2. The minimum absolute atomic E-state index is 0.0414. The number of methoxy groups -OCH3 is 1. The normalized spacial score (nSPS) is 18.7. The molecule has 3 unspecified atom stereocenters. The third-order valence-corrected chi connectivity index (χ3v) is 8.15. The minimum atomic E-state index is -0.985. The van der Waals surface area contributed by atoms with Crippen LogP contribution in [0.3, 0.4) is 0 Å². The lowest BCUT2D eigenvalue weighted by Crippen LogP contribution is -2.10. The predicted octanol–water partition coefficient (Wildman–Crippen LogP) is 8.82. The van der Waals surface area contributed by atoms with Crippen LogP contribution in [0.5, 0.6) is 5.75 Å². The fourth-order valence-electron chi connectivity index (χ4n) is 5.06. The number of hydrogen-bond acceptors (Lipinski definition) is 6. The molecule has 0 saturated heterocycles. The van der Waals surface area contributed by atoms with Crippen molar-refractivity contribution >= 4 is 40.8 Å². The van der Waals surface area contributed by atoms with Crippen molar-refractivity contribution in [2.75, 3.05) is 7.11 Å². The van der Waals surface area contributed by atoms with Gasteiger partial charge in [0.2, 0.25) is 5.56 Å². The predicted molar refractivity (Wildman–Crippen MR) is 154 cm³/mol. The topological polar surface area (TPSA) is 85.4 Å². The second-order valence-electron chi connectivity index (χ2n) is 9.94. The van der Waals surface area contributed by atoms with E-state index in [1.165, 1.54) is 7.11 Å². The van der Waals surface area contributed by atoms with Crippen molar-refractivity contribution in [2.45, 2.75) is 43.1 Å². The first-order valence-corrected chi connectivity index (χ1v) is 13.8. The highest BCUT2D eigenvalue weighted by molar-refractivity contribution is 6.39. The Balaban J connectivity index is 1.48. The lowest BCUT2D eigenvalue weighted by atomic mass is 9.91. The number of benzene rings is 3. The average molecular weight is 596 g/mol. The molecule has 0 N–H and O–H groups in total. The van der Waals surface area contributed by atoms with E-state index in [0.29, 0.717) is 50.4 Å². The van der Waals surface area contributed by atoms with Gasteiger partial charge in [-0.1, -0.05) is 90.2 Å². The molecule has 40 heavy (non-hydrogen) atoms. The van der Waals surface area contributed by atoms with Gasteiger partial charge in [-0.15, -0.1) is 0 Å². The quantitative estimate of drug-likeness (QED) is 0.149. The molecule has 0 aliphatic heterocycles. The molecule has 0 amide bonds. The van der Waals surface area contributed by atoms with Gasteiger partial charge in [-0.2, -0.15) is 5.26 Å². The molecule has 1 heterocycles. The fourth-order valence-corrected chi connectivity index (χ4v) is 5.95. The minimum Gasteiger partial charge on any atom is -0.470 e. The molecule has 1 aliphatic rings. The molecule has 204 valence electrons. The largest absolute Gasteiger partial charge is 0.470 e. The Hall–Kier alpha value is -3.50. The van der Waals surface area contributed by atoms with Gasteiger partial charge in [-0.25, -0.2) is 4.79 Å². The molecule has 1 fully saturated rings. The molecule has 3 atom stereocenters. The number of carbonyl (C=O) groups excluding carboxylic acids is 1. The van der Waals surface area contributed by atoms with Crippen molar-refractivity contribution < 1.29 is 18.8 Å². The maximum Gasteiger partial charge on any atom is 0.337 e. The summed E-state index contributed by atoms with van der Waals surface area (Å²) >= 11 is 20.0. The van der Waals surface area contributed by atoms with E-state index >= 15 is 0 Å². The number of aromatic nitrogens is 1. The molecular weight excluding hydrogens is 571 g/mol. The van der Waals surface area contributed by atoms with Crippen molar-refractivity contribution in [3.63, 3.8) is 0 Å². The van der Waals surface area contributed by atoms with Crippen LogP contribution in [0, 0.1) is 11.3 Å². The van der Waals surface area contributed by atoms with Gasteiger partial charge < -0.3 is 14.0 Å². The molecule has 0 bridgehead atoms. The second-order valence-corrected chi connectivity index (χ2v) is 11.2. The lowest BCUT2D eigenvalue weighted by molar-refractivity contribution is 0.0600. The number of nitriles is 1. The van der Waals surface area contributed by atoms with Gasteiger partial charge in [0.25, 0.3) is 0 Å². The van der Waals surface area contributed by atoms with Gasteiger partial charge in [0.15, 0.2) is 0 Å². The van der Waals surface area contributed by atoms with E-state index in [-0.39, 0.29) is 11.8 Å². The molecule has 0 spiro atoms. The number of halogens is 3. The Labute approximate surface area is 247 Å². The summed E-state index contributed by atoms with van der Waals surface area (Å²) in [5.74, 6) is 0.505. The highest BCUT2D eigenvalue weighted by Crippen LogP contribution is 2.62. The second kappa shape index (κ2) is 11.2. The van der Waals surface area contributed by atoms with Crippen LogP contribution in [0.15, 0.2) is 71.3 Å². The summed E-state index contributed by atoms with van der Waals surface area (Å²) in [6.07, 6.45) is 0.597. The van der Waals surface area contributed by atoms with E-state index in [1.54, 1.807) is 42.5 Å². The smallest absolute Gasteiger partial charge is 0.337 e. The van der Waals surface area contributed by atoms with Crippen molar-refractivity contribution in [1.82, 2.24) is 5.16 Å². The number of nitrogens with zero attached hydrogens (tertiary/aromatic N) is 2. The summed E-state index contributed by atoms with van der Waals surface area (Å²) in [5.41, 5.74) is 1.83. The Morgan fingerprint density at radius 2 is 1.75 bits per heavy atom. The summed E-state index contributed by atoms with van der Waals surface area (Å²) in [6, 6.07) is 22.2. The summed E-state index contributed by atoms with van der Waals surface area (Å²) in [4.78, 5) is 11.9. The zero-order valence-electron chi connectivity index (χ0n) is 22.0. The zero-order chi connectivity index (χ0) is 28.6. The monoisotopic (exact) mass is 594 g/mol. The highest BCUT2D eigenvalue weighted by atomic mass is 35.5. The van der Waals surface area contributed by atoms with Crippen molar-refractivity contribution in [1.29, 1.82) is 5.26 Å². The van der Waals surface area contributed by atoms with Gasteiger partial charge in [0, 0.05) is 17.4 Å². The van der Waals surface area contributed by atoms with E-state index in [1.807, 2.05) is 38.1 Å². The Morgan fingerprint density at radius 1 is 1.07 bits per heavy atom. The summed E-state index contributed by atoms with van der Waals surface area (Å²) in [5, 5.41) is 15.4. The van der Waals surface area contributed by atoms with Crippen LogP contribution in [0.25, 0.3) is 11.3 Å². The molecule has 3 aromatic carbocycles. The lowest BCUT2D eigenvalue weighted by Gasteiger charge is -2.19. The average Bonchev–Trinajstić information content (AvgIpc) is 3.54. The number of hydrogen-bond donors (Lipinski definition) is 0. The van der Waals surface area contributed by atoms with Crippen LogP contribution in [-0.4, -0.2) is 18.2 Å². The number of carbonyl (C=O) groups is 1. The molecule has 5 rings (SSSR count). The number of para-hydroxylation sites is 1. The molecule has 1 aromatic heterocycles. The third kappa shape index (κ3) is 4.94. The maximum absolute atomic E-state index is 11.9. The van der Waals surface area contributed by atoms with Crippen molar-refractivity contribution in [3.8, 4) is 23.1 Å². The first kappa shape index (κ1) is 28.0. The molecule has 4 aromatic rings. The number of esters is 1. The van der Waals surface area contributed by atoms with Crippen LogP contribution >= 0.6 is 34.8 Å². The van der Waals surface area contributed by atoms with Crippen molar-refractivity contribution in [3.05, 3.63) is 105 Å². The van der Waals surface area contributed by atoms with Gasteiger partial charge in [0.1, 0.15) is 17.2 Å². The molecular formula is C31H25Cl3N2O4. The Kier molecular flexibility index (Phi) is 7.83. The molecule has 6 nitrogen and oxygen atoms in total. The highest BCUT2D eigenvalue weighted by Gasteiger charge is 2.58. The number of rotatable bonds is 8. The van der Waals surface area contributed by atoms with Crippen LogP contribution in [0.2, 0.25) is 10.0 Å². The number of ether oxygens (including phenoxy) is 2. The van der Waals surface area contributed by atoms with Gasteiger partial charge in [-0.3, -0.25) is 0 Å². The van der Waals surface area contributed by atoms with Gasteiger partial charge >= 0.3 is 5.97 Å². The number of alkyl halides is 1. The van der Waals surface area contributed by atoms with Crippen LogP contribution in [0.1, 0.15) is 70.5 Å². The third-order valence-electron chi connectivity index (χ3n) is 7.21. The summed E-state index contributed by atoms with van der Waals surface area (Å²) in [7, 11) is 1.33. The fraction of sp³-hybridized carbons (Fsp3) is 0.258. The van der Waals surface area contributed by atoms with Gasteiger partial charge in [0.05, 0.1) is 39.8 Å². The SMILES string of the molecule is COC(=O)c1ccc(C2(C#N)CC2c2ccccc2OC(Cl)c2c(-c3c(Cl)cccc3Cl)noc2C(C)C)cc1. The first-order valence-electron chi connectivity index (χ1n) is 12.7. The van der Waals surface area contributed by atoms with Crippen LogP contribution in [-0.2, 0) is 10.2 Å². The summed E-state index contributed by atoms with van der Waals surface area (Å²) < 4.78 is 16.9. The van der Waals surface area contributed by atoms with E-state index < -0.39 is 16.9 Å². The van der Waals surface area contributed by atoms with E-state index in [2.05, 4.69) is 11.2 Å².